The molecular formula is C19H20Cl2N4O. The number of rotatable bonds is 3. The molecule has 0 radical (unpaired) electrons. The second-order valence-corrected chi connectivity index (χ2v) is 6.99. The molecule has 1 atom stereocenters. The predicted octanol–water partition coefficient (Wildman–Crippen LogP) is 4.82. The third-order valence-electron chi connectivity index (χ3n) is 4.29. The van der Waals surface area contributed by atoms with Crippen LogP contribution in [0.1, 0.15) is 43.0 Å². The summed E-state index contributed by atoms with van der Waals surface area (Å²) in [5, 5.41) is 9.84. The van der Waals surface area contributed by atoms with Crippen molar-refractivity contribution in [2.24, 2.45) is 5.10 Å². The monoisotopic (exact) mass is 390 g/mol. The van der Waals surface area contributed by atoms with Gasteiger partial charge in [0.05, 0.1) is 21.8 Å². The number of halogens is 2. The Morgan fingerprint density at radius 1 is 1.23 bits per heavy atom. The first-order valence-corrected chi connectivity index (χ1v) is 9.18. The van der Waals surface area contributed by atoms with Crippen molar-refractivity contribution in [3.05, 3.63) is 63.1 Å². The number of nitrogens with two attached hydrogens (primary N) is 1. The number of nitrogens with zero attached hydrogens (tertiary/aromatic N) is 2. The molecule has 7 heteroatoms. The highest BCUT2D eigenvalue weighted by molar-refractivity contribution is 6.42. The second-order valence-electron chi connectivity index (χ2n) is 6.18. The van der Waals surface area contributed by atoms with E-state index in [2.05, 4.69) is 10.4 Å². The van der Waals surface area contributed by atoms with E-state index in [9.17, 15) is 4.79 Å². The molecule has 136 valence electrons. The van der Waals surface area contributed by atoms with Gasteiger partial charge in [0, 0.05) is 23.4 Å². The molecule has 0 spiro atoms. The van der Waals surface area contributed by atoms with Gasteiger partial charge in [-0.05, 0) is 43.2 Å². The van der Waals surface area contributed by atoms with Gasteiger partial charge >= 0.3 is 6.03 Å². The summed E-state index contributed by atoms with van der Waals surface area (Å²) in [6.07, 6.45) is 0.848. The fourth-order valence-corrected chi connectivity index (χ4v) is 3.22. The molecule has 1 heterocycles. The highest BCUT2D eigenvalue weighted by Crippen LogP contribution is 2.36. The highest BCUT2D eigenvalue weighted by atomic mass is 35.5. The maximum atomic E-state index is 12.6. The number of hydrogen-bond acceptors (Lipinski definition) is 3. The van der Waals surface area contributed by atoms with Gasteiger partial charge in [0.1, 0.15) is 0 Å². The van der Waals surface area contributed by atoms with Crippen LogP contribution in [0.2, 0.25) is 10.0 Å². The van der Waals surface area contributed by atoms with E-state index in [1.165, 1.54) is 5.01 Å². The summed E-state index contributed by atoms with van der Waals surface area (Å²) in [5.41, 5.74) is 9.71. The van der Waals surface area contributed by atoms with E-state index in [4.69, 9.17) is 28.9 Å². The van der Waals surface area contributed by atoms with Crippen LogP contribution in [0.15, 0.2) is 41.5 Å². The maximum Gasteiger partial charge on any atom is 0.338 e. The van der Waals surface area contributed by atoms with Gasteiger partial charge in [0.15, 0.2) is 0 Å². The largest absolute Gasteiger partial charge is 0.399 e. The third kappa shape index (κ3) is 3.50. The Hall–Kier alpha value is -2.24. The first-order valence-electron chi connectivity index (χ1n) is 8.43. The second kappa shape index (κ2) is 7.56. The number of carbonyl (C=O) groups excluding carboxylic acids is 1. The van der Waals surface area contributed by atoms with Gasteiger partial charge in [-0.25, -0.2) is 9.80 Å². The van der Waals surface area contributed by atoms with Gasteiger partial charge in [0.2, 0.25) is 0 Å². The van der Waals surface area contributed by atoms with Crippen LogP contribution in [0.5, 0.6) is 0 Å². The maximum absolute atomic E-state index is 12.6. The fraction of sp³-hybridized carbons (Fsp3) is 0.263. The molecule has 2 aromatic carbocycles. The van der Waals surface area contributed by atoms with Crippen molar-refractivity contribution in [1.82, 2.24) is 10.3 Å². The first-order chi connectivity index (χ1) is 12.4. The summed E-state index contributed by atoms with van der Waals surface area (Å²) in [5.74, 6) is 0. The summed E-state index contributed by atoms with van der Waals surface area (Å²) in [6.45, 7) is 4.50. The van der Waals surface area contributed by atoms with Gasteiger partial charge in [-0.2, -0.15) is 5.10 Å². The Kier molecular flexibility index (Phi) is 5.39. The normalized spacial score (nSPS) is 16.1. The number of carbonyl (C=O) groups is 1. The van der Waals surface area contributed by atoms with Crippen molar-refractivity contribution >= 4 is 40.6 Å². The molecule has 2 aromatic rings. The van der Waals surface area contributed by atoms with Crippen molar-refractivity contribution in [3.8, 4) is 0 Å². The SMILES string of the molecule is CCCNC(=O)N1N=C(c2ccc(N)cc2)c2cc(Cl)c(Cl)cc2C1C. The fourth-order valence-electron chi connectivity index (χ4n) is 2.88. The zero-order valence-electron chi connectivity index (χ0n) is 14.6. The first kappa shape index (κ1) is 18.5. The van der Waals surface area contributed by atoms with Crippen molar-refractivity contribution in [3.63, 3.8) is 0 Å². The molecule has 0 aromatic heterocycles. The van der Waals surface area contributed by atoms with Gasteiger partial charge < -0.3 is 11.1 Å². The van der Waals surface area contributed by atoms with Crippen LogP contribution in [0.3, 0.4) is 0 Å². The van der Waals surface area contributed by atoms with E-state index in [1.807, 2.05) is 26.0 Å². The van der Waals surface area contributed by atoms with Crippen LogP contribution in [-0.2, 0) is 0 Å². The molecule has 3 N–H and O–H groups in total. The highest BCUT2D eigenvalue weighted by Gasteiger charge is 2.31. The molecule has 0 aliphatic carbocycles. The van der Waals surface area contributed by atoms with E-state index >= 15 is 0 Å². The average molecular weight is 391 g/mol. The van der Waals surface area contributed by atoms with Crippen molar-refractivity contribution < 1.29 is 4.79 Å². The summed E-state index contributed by atoms with van der Waals surface area (Å²) in [7, 11) is 0. The Bertz CT molecular complexity index is 865. The lowest BCUT2D eigenvalue weighted by atomic mass is 9.92. The van der Waals surface area contributed by atoms with Crippen LogP contribution in [-0.4, -0.2) is 23.3 Å². The molecule has 0 saturated heterocycles. The van der Waals surface area contributed by atoms with Gasteiger partial charge in [-0.1, -0.05) is 42.3 Å². The summed E-state index contributed by atoms with van der Waals surface area (Å²) in [6, 6.07) is 10.4. The number of amides is 2. The summed E-state index contributed by atoms with van der Waals surface area (Å²) >= 11 is 12.5. The van der Waals surface area contributed by atoms with Gasteiger partial charge in [-0.3, -0.25) is 0 Å². The number of nitrogen functional groups attached to an aromatic ring is 1. The third-order valence-corrected chi connectivity index (χ3v) is 5.01. The average Bonchev–Trinajstić information content (AvgIpc) is 2.62. The Balaban J connectivity index is 2.13. The number of urea groups is 1. The number of hydrazone groups is 1. The molecule has 2 amide bonds. The molecule has 3 rings (SSSR count). The summed E-state index contributed by atoms with van der Waals surface area (Å²) in [4.78, 5) is 12.6. The van der Waals surface area contributed by atoms with E-state index in [0.29, 0.717) is 28.0 Å². The lowest BCUT2D eigenvalue weighted by Crippen LogP contribution is -2.41. The number of benzene rings is 2. The zero-order chi connectivity index (χ0) is 18.8. The Morgan fingerprint density at radius 3 is 2.54 bits per heavy atom. The lowest BCUT2D eigenvalue weighted by Gasteiger charge is -2.32. The quantitative estimate of drug-likeness (QED) is 0.736. The summed E-state index contributed by atoms with van der Waals surface area (Å²) < 4.78 is 0. The van der Waals surface area contributed by atoms with Gasteiger partial charge in [0.25, 0.3) is 0 Å². The molecule has 1 aliphatic heterocycles. The van der Waals surface area contributed by atoms with E-state index in [1.54, 1.807) is 24.3 Å². The molecule has 0 bridgehead atoms. The molecule has 1 unspecified atom stereocenters. The number of hydrogen-bond donors (Lipinski definition) is 2. The van der Waals surface area contributed by atoms with Crippen LogP contribution in [0, 0.1) is 0 Å². The van der Waals surface area contributed by atoms with Gasteiger partial charge in [-0.15, -0.1) is 0 Å². The molecule has 0 fully saturated rings. The zero-order valence-corrected chi connectivity index (χ0v) is 16.1. The molecule has 1 aliphatic rings. The molecular weight excluding hydrogens is 371 g/mol. The Labute approximate surface area is 162 Å². The minimum atomic E-state index is -0.269. The van der Waals surface area contributed by atoms with Crippen molar-refractivity contribution in [2.45, 2.75) is 26.3 Å². The Morgan fingerprint density at radius 2 is 1.88 bits per heavy atom. The molecule has 5 nitrogen and oxygen atoms in total. The predicted molar refractivity (Wildman–Crippen MR) is 107 cm³/mol. The number of nitrogens with one attached hydrogen (secondary N) is 1. The molecule has 0 saturated carbocycles. The van der Waals surface area contributed by atoms with Crippen LogP contribution < -0.4 is 11.1 Å². The van der Waals surface area contributed by atoms with Crippen LogP contribution >= 0.6 is 23.2 Å². The van der Waals surface area contributed by atoms with E-state index in [0.717, 1.165) is 23.1 Å². The number of fused-ring (bicyclic) bond motifs is 1. The number of anilines is 1. The van der Waals surface area contributed by atoms with E-state index < -0.39 is 0 Å². The standard InChI is InChI=1S/C19H20Cl2N4O/c1-3-8-23-19(26)25-11(2)14-9-16(20)17(21)10-15(14)18(24-25)12-4-6-13(22)7-5-12/h4-7,9-11H,3,8,22H2,1-2H3,(H,23,26). The van der Waals surface area contributed by atoms with Crippen LogP contribution in [0.4, 0.5) is 10.5 Å². The van der Waals surface area contributed by atoms with Crippen molar-refractivity contribution in [2.75, 3.05) is 12.3 Å². The van der Waals surface area contributed by atoms with Crippen LogP contribution in [0.25, 0.3) is 0 Å². The smallest absolute Gasteiger partial charge is 0.338 e. The minimum Gasteiger partial charge on any atom is -0.399 e. The van der Waals surface area contributed by atoms with Crippen molar-refractivity contribution in [1.29, 1.82) is 0 Å². The topological polar surface area (TPSA) is 70.7 Å². The molecule has 26 heavy (non-hydrogen) atoms. The van der Waals surface area contributed by atoms with E-state index in [-0.39, 0.29) is 12.1 Å². The minimum absolute atomic E-state index is 0.246. The lowest BCUT2D eigenvalue weighted by molar-refractivity contribution is 0.181.